The Morgan fingerprint density at radius 2 is 1.65 bits per heavy atom. The van der Waals surface area contributed by atoms with Gasteiger partial charge in [-0.05, 0) is 32.6 Å². The Bertz CT molecular complexity index is 326. The number of hydrogen-bond donors (Lipinski definition) is 0. The lowest BCUT2D eigenvalue weighted by atomic mass is 9.78. The fourth-order valence-electron chi connectivity index (χ4n) is 1.53. The normalized spacial score (nSPS) is 13.8. The van der Waals surface area contributed by atoms with E-state index in [1.54, 1.807) is 0 Å². The van der Waals surface area contributed by atoms with E-state index in [4.69, 9.17) is 9.47 Å². The van der Waals surface area contributed by atoms with Crippen molar-refractivity contribution < 1.29 is 19.1 Å². The van der Waals surface area contributed by atoms with Gasteiger partial charge < -0.3 is 9.47 Å². The summed E-state index contributed by atoms with van der Waals surface area (Å²) in [6.45, 7) is 13.8. The van der Waals surface area contributed by atoms with E-state index in [2.05, 4.69) is 20.8 Å². The van der Waals surface area contributed by atoms with Crippen LogP contribution in [0.3, 0.4) is 0 Å². The molecule has 0 aromatic heterocycles. The van der Waals surface area contributed by atoms with Gasteiger partial charge in [-0.25, -0.2) is 0 Å². The van der Waals surface area contributed by atoms with E-state index in [0.29, 0.717) is 6.42 Å². The van der Waals surface area contributed by atoms with Crippen molar-refractivity contribution in [1.29, 1.82) is 0 Å². The molecule has 0 saturated carbocycles. The van der Waals surface area contributed by atoms with Crippen molar-refractivity contribution in [3.05, 3.63) is 0 Å². The largest absolute Gasteiger partial charge is 0.465 e. The number of ether oxygens (including phenoxy) is 2. The summed E-state index contributed by atoms with van der Waals surface area (Å²) in [5, 5.41) is 0. The smallest absolute Gasteiger partial charge is 0.309 e. The van der Waals surface area contributed by atoms with Gasteiger partial charge in [-0.1, -0.05) is 34.1 Å². The minimum atomic E-state index is -0.465. The molecule has 0 heterocycles. The molecule has 0 aliphatic carbocycles. The molecule has 4 nitrogen and oxygen atoms in total. The lowest BCUT2D eigenvalue weighted by molar-refractivity contribution is -0.158. The molecule has 0 aromatic carbocycles. The Kier molecular flexibility index (Phi) is 7.25. The van der Waals surface area contributed by atoms with Crippen molar-refractivity contribution in [3.8, 4) is 0 Å². The van der Waals surface area contributed by atoms with Gasteiger partial charge in [0.05, 0.1) is 12.5 Å². The summed E-state index contributed by atoms with van der Waals surface area (Å²) < 4.78 is 10.4. The molecule has 118 valence electrons. The first-order valence-corrected chi connectivity index (χ1v) is 7.38. The van der Waals surface area contributed by atoms with Crippen molar-refractivity contribution >= 4 is 11.9 Å². The highest BCUT2D eigenvalue weighted by Crippen LogP contribution is 2.30. The van der Waals surface area contributed by atoms with Crippen LogP contribution in [-0.4, -0.2) is 24.1 Å². The van der Waals surface area contributed by atoms with Gasteiger partial charge in [-0.3, -0.25) is 9.59 Å². The Morgan fingerprint density at radius 1 is 1.10 bits per heavy atom. The molecule has 0 rings (SSSR count). The second-order valence-electron chi connectivity index (χ2n) is 6.92. The van der Waals surface area contributed by atoms with Gasteiger partial charge in [0.15, 0.2) is 0 Å². The van der Waals surface area contributed by atoms with E-state index in [1.165, 1.54) is 0 Å². The maximum atomic E-state index is 11.9. The Morgan fingerprint density at radius 3 is 2.10 bits per heavy atom. The van der Waals surface area contributed by atoms with Crippen LogP contribution in [0.2, 0.25) is 0 Å². The van der Waals surface area contributed by atoms with Gasteiger partial charge >= 0.3 is 11.9 Å². The molecule has 20 heavy (non-hydrogen) atoms. The molecule has 0 amide bonds. The highest BCUT2D eigenvalue weighted by molar-refractivity contribution is 5.73. The lowest BCUT2D eigenvalue weighted by Gasteiger charge is -2.28. The molecule has 0 saturated heterocycles. The molecule has 0 radical (unpaired) electrons. The quantitative estimate of drug-likeness (QED) is 0.528. The Balaban J connectivity index is 3.97. The zero-order valence-corrected chi connectivity index (χ0v) is 14.0. The lowest BCUT2D eigenvalue weighted by Crippen LogP contribution is -2.30. The molecule has 0 aliphatic rings. The third kappa shape index (κ3) is 7.51. The van der Waals surface area contributed by atoms with Gasteiger partial charge in [0.2, 0.25) is 0 Å². The van der Waals surface area contributed by atoms with Crippen LogP contribution in [0.1, 0.15) is 67.7 Å². The first-order chi connectivity index (χ1) is 8.99. The number of hydrogen-bond acceptors (Lipinski definition) is 4. The van der Waals surface area contributed by atoms with Crippen LogP contribution in [0.15, 0.2) is 0 Å². The van der Waals surface area contributed by atoms with Crippen LogP contribution in [-0.2, 0) is 19.1 Å². The molecule has 1 unspecified atom stereocenters. The first-order valence-electron chi connectivity index (χ1n) is 7.38. The Labute approximate surface area is 123 Å². The molecule has 0 bridgehead atoms. The van der Waals surface area contributed by atoms with Gasteiger partial charge in [0.25, 0.3) is 0 Å². The number of carbonyl (C=O) groups excluding carboxylic acids is 2. The zero-order valence-electron chi connectivity index (χ0n) is 14.0. The maximum Gasteiger partial charge on any atom is 0.309 e. The third-order valence-corrected chi connectivity index (χ3v) is 3.63. The summed E-state index contributed by atoms with van der Waals surface area (Å²) in [6.07, 6.45) is 1.69. The van der Waals surface area contributed by atoms with Crippen molar-refractivity contribution in [2.75, 3.05) is 6.61 Å². The SMILES string of the molecule is CCC(C)(C)C(C)C(=O)OCCCC(=O)OC(C)(C)C. The Hall–Kier alpha value is -1.06. The van der Waals surface area contributed by atoms with Crippen molar-refractivity contribution in [3.63, 3.8) is 0 Å². The van der Waals surface area contributed by atoms with E-state index < -0.39 is 5.60 Å². The average Bonchev–Trinajstić information content (AvgIpc) is 2.31. The van der Waals surface area contributed by atoms with Crippen molar-refractivity contribution in [2.45, 2.75) is 73.3 Å². The predicted molar refractivity (Wildman–Crippen MR) is 79.3 cm³/mol. The molecule has 1 atom stereocenters. The van der Waals surface area contributed by atoms with E-state index in [-0.39, 0.29) is 36.3 Å². The minimum Gasteiger partial charge on any atom is -0.465 e. The second kappa shape index (κ2) is 7.65. The van der Waals surface area contributed by atoms with Gasteiger partial charge in [-0.2, -0.15) is 0 Å². The van der Waals surface area contributed by atoms with Crippen LogP contribution in [0, 0.1) is 11.3 Å². The van der Waals surface area contributed by atoms with Gasteiger partial charge in [-0.15, -0.1) is 0 Å². The average molecular weight is 286 g/mol. The molecular weight excluding hydrogens is 256 g/mol. The van der Waals surface area contributed by atoms with Crippen molar-refractivity contribution in [2.24, 2.45) is 11.3 Å². The fourth-order valence-corrected chi connectivity index (χ4v) is 1.53. The van der Waals surface area contributed by atoms with Crippen LogP contribution < -0.4 is 0 Å². The molecule has 0 fully saturated rings. The summed E-state index contributed by atoms with van der Waals surface area (Å²) in [7, 11) is 0. The molecule has 0 aliphatic heterocycles. The number of carbonyl (C=O) groups is 2. The molecule has 4 heteroatoms. The molecular formula is C16H30O4. The number of esters is 2. The summed E-state index contributed by atoms with van der Waals surface area (Å²) in [5.74, 6) is -0.592. The highest BCUT2D eigenvalue weighted by atomic mass is 16.6. The van der Waals surface area contributed by atoms with Crippen LogP contribution >= 0.6 is 0 Å². The molecule has 0 N–H and O–H groups in total. The monoisotopic (exact) mass is 286 g/mol. The summed E-state index contributed by atoms with van der Waals surface area (Å²) in [5.41, 5.74) is -0.532. The van der Waals surface area contributed by atoms with Crippen LogP contribution in [0.4, 0.5) is 0 Å². The van der Waals surface area contributed by atoms with E-state index in [0.717, 1.165) is 6.42 Å². The predicted octanol–water partition coefficient (Wildman–Crippen LogP) is 3.72. The first kappa shape index (κ1) is 18.9. The second-order valence-corrected chi connectivity index (χ2v) is 6.92. The van der Waals surface area contributed by atoms with E-state index in [1.807, 2.05) is 27.7 Å². The van der Waals surface area contributed by atoms with Crippen molar-refractivity contribution in [1.82, 2.24) is 0 Å². The zero-order chi connectivity index (χ0) is 16.0. The van der Waals surface area contributed by atoms with E-state index >= 15 is 0 Å². The summed E-state index contributed by atoms with van der Waals surface area (Å²) in [6, 6.07) is 0. The highest BCUT2D eigenvalue weighted by Gasteiger charge is 2.30. The van der Waals surface area contributed by atoms with E-state index in [9.17, 15) is 9.59 Å². The van der Waals surface area contributed by atoms with Gasteiger partial charge in [0, 0.05) is 6.42 Å². The standard InChI is InChI=1S/C16H30O4/c1-8-16(6,7)12(2)14(18)19-11-9-10-13(17)20-15(3,4)5/h12H,8-11H2,1-7H3. The maximum absolute atomic E-state index is 11.9. The third-order valence-electron chi connectivity index (χ3n) is 3.63. The molecule has 0 aromatic rings. The number of rotatable bonds is 7. The molecule has 0 spiro atoms. The van der Waals surface area contributed by atoms with Crippen LogP contribution in [0.5, 0.6) is 0 Å². The van der Waals surface area contributed by atoms with Crippen LogP contribution in [0.25, 0.3) is 0 Å². The summed E-state index contributed by atoms with van der Waals surface area (Å²) in [4.78, 5) is 23.4. The fraction of sp³-hybridized carbons (Fsp3) is 0.875. The topological polar surface area (TPSA) is 52.6 Å². The van der Waals surface area contributed by atoms with Gasteiger partial charge in [0.1, 0.15) is 5.60 Å². The summed E-state index contributed by atoms with van der Waals surface area (Å²) >= 11 is 0. The minimum absolute atomic E-state index is 0.0672.